The molecule has 3 N–H and O–H groups in total. The number of aromatic hydroxyl groups is 3. The summed E-state index contributed by atoms with van der Waals surface area (Å²) in [4.78, 5) is 11.8. The minimum Gasteiger partial charge on any atom is -0.504 e. The number of allylic oxidation sites excluding steroid dienone is 1. The standard InChI is InChI=1S/C15H12O4/c16-12(11-4-2-1-3-5-11)7-6-10-8-13(17)15(19)14(18)9-10/h1-9,17-19H/b7-6+. The molecular formula is C15H12O4. The molecular weight excluding hydrogens is 244 g/mol. The maximum Gasteiger partial charge on any atom is 0.200 e. The third kappa shape index (κ3) is 2.93. The van der Waals surface area contributed by atoms with Gasteiger partial charge in [0, 0.05) is 5.56 Å². The molecule has 0 fully saturated rings. The topological polar surface area (TPSA) is 77.8 Å². The number of hydrogen-bond acceptors (Lipinski definition) is 4. The first-order valence-corrected chi connectivity index (χ1v) is 5.60. The average molecular weight is 256 g/mol. The molecule has 96 valence electrons. The number of carbonyl (C=O) groups is 1. The molecule has 0 saturated heterocycles. The maximum atomic E-state index is 11.8. The Hall–Kier alpha value is -2.75. The van der Waals surface area contributed by atoms with Gasteiger partial charge in [0.1, 0.15) is 0 Å². The van der Waals surface area contributed by atoms with Crippen LogP contribution in [-0.4, -0.2) is 21.1 Å². The van der Waals surface area contributed by atoms with Crippen LogP contribution in [0.15, 0.2) is 48.5 Å². The predicted octanol–water partition coefficient (Wildman–Crippen LogP) is 2.70. The first kappa shape index (κ1) is 12.7. The van der Waals surface area contributed by atoms with Crippen molar-refractivity contribution in [1.82, 2.24) is 0 Å². The fraction of sp³-hybridized carbons (Fsp3) is 0. The molecule has 2 aromatic rings. The van der Waals surface area contributed by atoms with Crippen LogP contribution in [0.5, 0.6) is 17.2 Å². The van der Waals surface area contributed by atoms with Gasteiger partial charge in [0.2, 0.25) is 0 Å². The van der Waals surface area contributed by atoms with E-state index in [4.69, 9.17) is 0 Å². The van der Waals surface area contributed by atoms with Crippen LogP contribution >= 0.6 is 0 Å². The summed E-state index contributed by atoms with van der Waals surface area (Å²) < 4.78 is 0. The zero-order valence-electron chi connectivity index (χ0n) is 9.95. The van der Waals surface area contributed by atoms with Crippen molar-refractivity contribution in [3.8, 4) is 17.2 Å². The van der Waals surface area contributed by atoms with Gasteiger partial charge >= 0.3 is 0 Å². The van der Waals surface area contributed by atoms with E-state index in [1.165, 1.54) is 24.3 Å². The molecule has 0 saturated carbocycles. The Kier molecular flexibility index (Phi) is 3.52. The second kappa shape index (κ2) is 5.27. The lowest BCUT2D eigenvalue weighted by Gasteiger charge is -2.02. The number of phenolic OH excluding ortho intramolecular Hbond substituents is 3. The van der Waals surface area contributed by atoms with Crippen LogP contribution in [0, 0.1) is 0 Å². The molecule has 0 amide bonds. The van der Waals surface area contributed by atoms with Crippen molar-refractivity contribution in [1.29, 1.82) is 0 Å². The molecule has 19 heavy (non-hydrogen) atoms. The molecule has 0 aliphatic heterocycles. The molecule has 0 aliphatic rings. The van der Waals surface area contributed by atoms with Crippen molar-refractivity contribution in [3.05, 3.63) is 59.7 Å². The summed E-state index contributed by atoms with van der Waals surface area (Å²) in [6, 6.07) is 11.2. The van der Waals surface area contributed by atoms with Crippen molar-refractivity contribution in [3.63, 3.8) is 0 Å². The van der Waals surface area contributed by atoms with Crippen LogP contribution < -0.4 is 0 Å². The highest BCUT2D eigenvalue weighted by Gasteiger charge is 2.07. The van der Waals surface area contributed by atoms with Crippen molar-refractivity contribution in [2.24, 2.45) is 0 Å². The van der Waals surface area contributed by atoms with Crippen LogP contribution in [-0.2, 0) is 0 Å². The van der Waals surface area contributed by atoms with Crippen LogP contribution in [0.3, 0.4) is 0 Å². The summed E-state index contributed by atoms with van der Waals surface area (Å²) in [6.45, 7) is 0. The predicted molar refractivity (Wildman–Crippen MR) is 71.2 cm³/mol. The molecule has 0 aromatic heterocycles. The molecule has 2 aromatic carbocycles. The zero-order chi connectivity index (χ0) is 13.8. The number of phenols is 3. The highest BCUT2D eigenvalue weighted by atomic mass is 16.3. The highest BCUT2D eigenvalue weighted by Crippen LogP contribution is 2.35. The number of benzene rings is 2. The van der Waals surface area contributed by atoms with Crippen LogP contribution in [0.25, 0.3) is 6.08 Å². The molecule has 2 rings (SSSR count). The summed E-state index contributed by atoms with van der Waals surface area (Å²) in [5.74, 6) is -1.64. The Morgan fingerprint density at radius 2 is 1.53 bits per heavy atom. The second-order valence-corrected chi connectivity index (χ2v) is 3.97. The van der Waals surface area contributed by atoms with Crippen molar-refractivity contribution in [2.45, 2.75) is 0 Å². The molecule has 4 nitrogen and oxygen atoms in total. The van der Waals surface area contributed by atoms with E-state index in [9.17, 15) is 20.1 Å². The summed E-state index contributed by atoms with van der Waals surface area (Å²) in [6.07, 6.45) is 2.79. The van der Waals surface area contributed by atoms with Crippen LogP contribution in [0.1, 0.15) is 15.9 Å². The zero-order valence-corrected chi connectivity index (χ0v) is 9.95. The van der Waals surface area contributed by atoms with Crippen molar-refractivity contribution >= 4 is 11.9 Å². The summed E-state index contributed by atoms with van der Waals surface area (Å²) in [7, 11) is 0. The quantitative estimate of drug-likeness (QED) is 0.448. The van der Waals surface area contributed by atoms with Gasteiger partial charge in [-0.3, -0.25) is 4.79 Å². The van der Waals surface area contributed by atoms with E-state index in [0.717, 1.165) is 0 Å². The van der Waals surface area contributed by atoms with Gasteiger partial charge in [-0.1, -0.05) is 36.4 Å². The van der Waals surface area contributed by atoms with Gasteiger partial charge in [0.05, 0.1) is 0 Å². The summed E-state index contributed by atoms with van der Waals surface area (Å²) in [5, 5.41) is 27.9. The van der Waals surface area contributed by atoms with E-state index in [1.807, 2.05) is 6.07 Å². The van der Waals surface area contributed by atoms with E-state index in [2.05, 4.69) is 0 Å². The molecule has 0 bridgehead atoms. The van der Waals surface area contributed by atoms with Crippen molar-refractivity contribution < 1.29 is 20.1 Å². The number of carbonyl (C=O) groups excluding carboxylic acids is 1. The van der Waals surface area contributed by atoms with Gasteiger partial charge in [0.25, 0.3) is 0 Å². The summed E-state index contributed by atoms with van der Waals surface area (Å²) in [5.41, 5.74) is 0.961. The van der Waals surface area contributed by atoms with E-state index in [1.54, 1.807) is 24.3 Å². The Labute approximate surface area is 109 Å². The minimum absolute atomic E-state index is 0.187. The first-order valence-electron chi connectivity index (χ1n) is 5.60. The monoisotopic (exact) mass is 256 g/mol. The average Bonchev–Trinajstić information content (AvgIpc) is 2.43. The van der Waals surface area contributed by atoms with Gasteiger partial charge < -0.3 is 15.3 Å². The van der Waals surface area contributed by atoms with E-state index in [-0.39, 0.29) is 5.78 Å². The van der Waals surface area contributed by atoms with Crippen LogP contribution in [0.4, 0.5) is 0 Å². The lowest BCUT2D eigenvalue weighted by molar-refractivity contribution is 0.104. The maximum absolute atomic E-state index is 11.8. The second-order valence-electron chi connectivity index (χ2n) is 3.97. The first-order chi connectivity index (χ1) is 9.08. The van der Waals surface area contributed by atoms with Gasteiger partial charge in [-0.05, 0) is 23.8 Å². The van der Waals surface area contributed by atoms with Gasteiger partial charge in [-0.15, -0.1) is 0 Å². The van der Waals surface area contributed by atoms with Gasteiger partial charge in [-0.25, -0.2) is 0 Å². The number of hydrogen-bond donors (Lipinski definition) is 3. The number of ketones is 1. The third-order valence-corrected chi connectivity index (χ3v) is 2.58. The Balaban J connectivity index is 2.22. The third-order valence-electron chi connectivity index (χ3n) is 2.58. The SMILES string of the molecule is O=C(/C=C/c1cc(O)c(O)c(O)c1)c1ccccc1. The molecule has 0 radical (unpaired) electrons. The van der Waals surface area contributed by atoms with E-state index >= 15 is 0 Å². The minimum atomic E-state index is -0.577. The highest BCUT2D eigenvalue weighted by molar-refractivity contribution is 6.06. The Bertz CT molecular complexity index is 607. The largest absolute Gasteiger partial charge is 0.504 e. The van der Waals surface area contributed by atoms with Crippen molar-refractivity contribution in [2.75, 3.05) is 0 Å². The number of rotatable bonds is 3. The molecule has 4 heteroatoms. The Morgan fingerprint density at radius 3 is 2.11 bits per heavy atom. The molecule has 0 aliphatic carbocycles. The summed E-state index contributed by atoms with van der Waals surface area (Å²) >= 11 is 0. The fourth-order valence-electron chi connectivity index (χ4n) is 1.59. The fourth-order valence-corrected chi connectivity index (χ4v) is 1.59. The normalized spacial score (nSPS) is 10.7. The van der Waals surface area contributed by atoms with E-state index in [0.29, 0.717) is 11.1 Å². The lowest BCUT2D eigenvalue weighted by atomic mass is 10.1. The smallest absolute Gasteiger partial charge is 0.200 e. The Morgan fingerprint density at radius 1 is 0.947 bits per heavy atom. The molecule has 0 heterocycles. The van der Waals surface area contributed by atoms with Gasteiger partial charge in [-0.2, -0.15) is 0 Å². The molecule has 0 spiro atoms. The van der Waals surface area contributed by atoms with E-state index < -0.39 is 17.2 Å². The van der Waals surface area contributed by atoms with Crippen LogP contribution in [0.2, 0.25) is 0 Å². The molecule has 0 atom stereocenters. The molecule has 0 unspecified atom stereocenters. The lowest BCUT2D eigenvalue weighted by Crippen LogP contribution is -1.92. The van der Waals surface area contributed by atoms with Gasteiger partial charge in [0.15, 0.2) is 23.0 Å².